The highest BCUT2D eigenvalue weighted by molar-refractivity contribution is 5.79. The maximum absolute atomic E-state index is 5.19. The van der Waals surface area contributed by atoms with Crippen molar-refractivity contribution in [2.75, 3.05) is 32.8 Å². The summed E-state index contributed by atoms with van der Waals surface area (Å²) in [5.41, 5.74) is 0.233. The smallest absolute Gasteiger partial charge is 0.191 e. The van der Waals surface area contributed by atoms with Gasteiger partial charge < -0.3 is 15.4 Å². The van der Waals surface area contributed by atoms with Gasteiger partial charge >= 0.3 is 0 Å². The van der Waals surface area contributed by atoms with E-state index in [9.17, 15) is 0 Å². The predicted molar refractivity (Wildman–Crippen MR) is 63.1 cm³/mol. The van der Waals surface area contributed by atoms with Crippen molar-refractivity contribution in [1.82, 2.24) is 10.6 Å². The molecule has 1 heterocycles. The van der Waals surface area contributed by atoms with Crippen molar-refractivity contribution in [2.24, 2.45) is 10.4 Å². The second-order valence-corrected chi connectivity index (χ2v) is 4.17. The van der Waals surface area contributed by atoms with Gasteiger partial charge in [0.05, 0.1) is 19.8 Å². The van der Waals surface area contributed by atoms with E-state index in [0.717, 1.165) is 38.8 Å². The normalized spacial score (nSPS) is 19.2. The van der Waals surface area contributed by atoms with Gasteiger partial charge in [-0.3, -0.25) is 4.99 Å². The first kappa shape index (κ1) is 12.0. The summed E-state index contributed by atoms with van der Waals surface area (Å²) in [5, 5.41) is 6.36. The zero-order valence-electron chi connectivity index (χ0n) is 9.68. The van der Waals surface area contributed by atoms with Crippen LogP contribution >= 0.6 is 0 Å². The molecule has 1 aliphatic heterocycles. The second kappa shape index (κ2) is 5.75. The molecule has 0 atom stereocenters. The summed E-state index contributed by atoms with van der Waals surface area (Å²) in [4.78, 5) is 4.51. The van der Waals surface area contributed by atoms with Crippen molar-refractivity contribution >= 4 is 5.96 Å². The lowest BCUT2D eigenvalue weighted by atomic mass is 9.89. The average molecular weight is 211 g/mol. The number of aliphatic imine (C=N–C) groups is 1. The van der Waals surface area contributed by atoms with E-state index in [1.165, 1.54) is 0 Å². The van der Waals surface area contributed by atoms with E-state index >= 15 is 0 Å². The van der Waals surface area contributed by atoms with E-state index in [1.807, 2.05) is 6.08 Å². The Hall–Kier alpha value is -1.03. The van der Waals surface area contributed by atoms with E-state index in [-0.39, 0.29) is 5.41 Å². The van der Waals surface area contributed by atoms with Crippen LogP contribution in [0, 0.1) is 5.41 Å². The fourth-order valence-electron chi connectivity index (χ4n) is 1.32. The van der Waals surface area contributed by atoms with Crippen LogP contribution in [0.4, 0.5) is 0 Å². The fraction of sp³-hybridized carbons (Fsp3) is 0.727. The van der Waals surface area contributed by atoms with Crippen LogP contribution in [0.25, 0.3) is 0 Å². The Kier molecular flexibility index (Phi) is 4.62. The summed E-state index contributed by atoms with van der Waals surface area (Å²) >= 11 is 0. The molecule has 0 aromatic rings. The van der Waals surface area contributed by atoms with E-state index in [2.05, 4.69) is 36.1 Å². The van der Waals surface area contributed by atoms with Gasteiger partial charge in [-0.25, -0.2) is 0 Å². The first-order valence-electron chi connectivity index (χ1n) is 5.41. The maximum atomic E-state index is 5.19. The molecule has 15 heavy (non-hydrogen) atoms. The Morgan fingerprint density at radius 1 is 1.53 bits per heavy atom. The van der Waals surface area contributed by atoms with Crippen molar-refractivity contribution < 1.29 is 4.74 Å². The summed E-state index contributed by atoms with van der Waals surface area (Å²) in [7, 11) is 0. The van der Waals surface area contributed by atoms with Crippen LogP contribution in [0.3, 0.4) is 0 Å². The lowest BCUT2D eigenvalue weighted by molar-refractivity contribution is -0.0945. The Balaban J connectivity index is 2.38. The lowest BCUT2D eigenvalue weighted by Crippen LogP contribution is -2.44. The van der Waals surface area contributed by atoms with E-state index in [4.69, 9.17) is 4.74 Å². The highest BCUT2D eigenvalue weighted by Crippen LogP contribution is 2.26. The zero-order valence-corrected chi connectivity index (χ0v) is 9.68. The van der Waals surface area contributed by atoms with Gasteiger partial charge in [-0.1, -0.05) is 13.0 Å². The molecule has 1 saturated heterocycles. The lowest BCUT2D eigenvalue weighted by Gasteiger charge is -2.36. The molecule has 86 valence electrons. The minimum Gasteiger partial charge on any atom is -0.380 e. The van der Waals surface area contributed by atoms with Gasteiger partial charge in [0.25, 0.3) is 0 Å². The minimum absolute atomic E-state index is 0.233. The number of ether oxygens (including phenoxy) is 1. The quantitative estimate of drug-likeness (QED) is 0.401. The topological polar surface area (TPSA) is 45.7 Å². The van der Waals surface area contributed by atoms with Crippen molar-refractivity contribution in [3.05, 3.63) is 12.7 Å². The summed E-state index contributed by atoms with van der Waals surface area (Å²) < 4.78 is 5.19. The number of hydrogen-bond acceptors (Lipinski definition) is 2. The third-order valence-electron chi connectivity index (χ3n) is 2.28. The monoisotopic (exact) mass is 211 g/mol. The first-order chi connectivity index (χ1) is 7.20. The molecular formula is C11H21N3O. The Bertz CT molecular complexity index is 234. The zero-order chi connectivity index (χ0) is 11.1. The molecule has 0 bridgehead atoms. The molecule has 0 aliphatic carbocycles. The molecule has 0 radical (unpaired) electrons. The summed E-state index contributed by atoms with van der Waals surface area (Å²) in [6, 6.07) is 0. The molecule has 1 rings (SSSR count). The van der Waals surface area contributed by atoms with E-state index in [1.54, 1.807) is 0 Å². The van der Waals surface area contributed by atoms with Crippen molar-refractivity contribution in [1.29, 1.82) is 0 Å². The summed E-state index contributed by atoms with van der Waals surface area (Å²) in [6.07, 6.45) is 1.82. The van der Waals surface area contributed by atoms with Crippen LogP contribution in [-0.4, -0.2) is 38.8 Å². The van der Waals surface area contributed by atoms with Gasteiger partial charge in [0.1, 0.15) is 0 Å². The fourth-order valence-corrected chi connectivity index (χ4v) is 1.32. The van der Waals surface area contributed by atoms with Crippen LogP contribution in [0.2, 0.25) is 0 Å². The highest BCUT2D eigenvalue weighted by Gasteiger charge is 2.33. The molecule has 0 saturated carbocycles. The third-order valence-corrected chi connectivity index (χ3v) is 2.28. The molecule has 1 aliphatic rings. The van der Waals surface area contributed by atoms with Crippen molar-refractivity contribution in [3.8, 4) is 0 Å². The number of guanidine groups is 1. The van der Waals surface area contributed by atoms with Crippen LogP contribution in [0.1, 0.15) is 13.8 Å². The number of rotatable bonds is 5. The Morgan fingerprint density at radius 2 is 2.27 bits per heavy atom. The summed E-state index contributed by atoms with van der Waals surface area (Å²) in [5.74, 6) is 0.852. The third kappa shape index (κ3) is 3.91. The number of nitrogens with one attached hydrogen (secondary N) is 2. The van der Waals surface area contributed by atoms with Crippen molar-refractivity contribution in [3.63, 3.8) is 0 Å². The van der Waals surface area contributed by atoms with Crippen molar-refractivity contribution in [2.45, 2.75) is 13.8 Å². The summed E-state index contributed by atoms with van der Waals surface area (Å²) in [6.45, 7) is 12.0. The molecule has 0 aromatic heterocycles. The molecule has 0 unspecified atom stereocenters. The molecule has 2 N–H and O–H groups in total. The second-order valence-electron chi connectivity index (χ2n) is 4.17. The highest BCUT2D eigenvalue weighted by atomic mass is 16.5. The Labute approximate surface area is 91.8 Å². The van der Waals surface area contributed by atoms with E-state index < -0.39 is 0 Å². The van der Waals surface area contributed by atoms with Gasteiger partial charge in [0.15, 0.2) is 5.96 Å². The minimum atomic E-state index is 0.233. The molecule has 4 nitrogen and oxygen atoms in total. The van der Waals surface area contributed by atoms with Gasteiger partial charge in [0.2, 0.25) is 0 Å². The molecule has 1 fully saturated rings. The maximum Gasteiger partial charge on any atom is 0.191 e. The van der Waals surface area contributed by atoms with Crippen LogP contribution in [0.15, 0.2) is 17.6 Å². The Morgan fingerprint density at radius 3 is 2.73 bits per heavy atom. The molecule has 0 spiro atoms. The van der Waals surface area contributed by atoms with Crippen LogP contribution < -0.4 is 10.6 Å². The molecular weight excluding hydrogens is 190 g/mol. The van der Waals surface area contributed by atoms with E-state index in [0.29, 0.717) is 0 Å². The predicted octanol–water partition coefficient (Wildman–Crippen LogP) is 0.764. The van der Waals surface area contributed by atoms with Crippen LogP contribution in [-0.2, 0) is 4.74 Å². The molecule has 0 aromatic carbocycles. The first-order valence-corrected chi connectivity index (χ1v) is 5.41. The van der Waals surface area contributed by atoms with Gasteiger partial charge in [-0.05, 0) is 6.92 Å². The average Bonchev–Trinajstić information content (AvgIpc) is 2.19. The van der Waals surface area contributed by atoms with Gasteiger partial charge in [-0.2, -0.15) is 0 Å². The number of hydrogen-bond donors (Lipinski definition) is 2. The number of nitrogens with zero attached hydrogens (tertiary/aromatic N) is 1. The molecule has 0 amide bonds. The largest absolute Gasteiger partial charge is 0.380 e. The molecule has 4 heteroatoms. The van der Waals surface area contributed by atoms with Gasteiger partial charge in [-0.15, -0.1) is 6.58 Å². The SMILES string of the molecule is C=CCNC(=NCC1(C)COC1)NCC. The van der Waals surface area contributed by atoms with Gasteiger partial charge in [0, 0.05) is 18.5 Å². The van der Waals surface area contributed by atoms with Crippen LogP contribution in [0.5, 0.6) is 0 Å². The standard InChI is InChI=1S/C11H21N3O/c1-4-6-13-10(12-5-2)14-7-11(3)8-15-9-11/h4H,1,5-9H2,2-3H3,(H2,12,13,14).